The third-order valence-corrected chi connectivity index (χ3v) is 6.62. The highest BCUT2D eigenvalue weighted by molar-refractivity contribution is 5.73. The van der Waals surface area contributed by atoms with E-state index in [2.05, 4.69) is 13.8 Å². The monoisotopic (exact) mass is 506 g/mol. The van der Waals surface area contributed by atoms with E-state index >= 15 is 0 Å². The summed E-state index contributed by atoms with van der Waals surface area (Å²) >= 11 is 0. The van der Waals surface area contributed by atoms with Crippen LogP contribution >= 0.6 is 0 Å². The molecule has 1 heterocycles. The standard InChI is InChI=1S/C26H34O10/c1-13(9-15-5-7-17(27)19(11-15)33-3)14(2)10-16-6-8-18(20(12-16)34-4)35-26-23(30)21(28)22(29)24(36-26)25(31)32/h5-8,11-14,21-24,26-30H,9-10H2,1-4H3,(H,31,32). The molecule has 7 unspecified atom stereocenters. The maximum Gasteiger partial charge on any atom is 0.335 e. The average Bonchev–Trinajstić information content (AvgIpc) is 2.85. The van der Waals surface area contributed by atoms with Crippen molar-refractivity contribution in [2.24, 2.45) is 11.8 Å². The first kappa shape index (κ1) is 27.5. The van der Waals surface area contributed by atoms with Crippen LogP contribution in [0.15, 0.2) is 36.4 Å². The van der Waals surface area contributed by atoms with Crippen molar-refractivity contribution in [2.45, 2.75) is 57.4 Å². The van der Waals surface area contributed by atoms with Gasteiger partial charge in [0.1, 0.15) is 18.3 Å². The lowest BCUT2D eigenvalue weighted by molar-refractivity contribution is -0.271. The second-order valence-corrected chi connectivity index (χ2v) is 9.21. The number of benzene rings is 2. The maximum atomic E-state index is 11.3. The van der Waals surface area contributed by atoms with Crippen molar-refractivity contribution in [2.75, 3.05) is 14.2 Å². The lowest BCUT2D eigenvalue weighted by atomic mass is 9.85. The molecular weight excluding hydrogens is 472 g/mol. The molecule has 1 fully saturated rings. The number of methoxy groups -OCH3 is 2. The van der Waals surface area contributed by atoms with Gasteiger partial charge in [0.2, 0.25) is 6.29 Å². The van der Waals surface area contributed by atoms with E-state index < -0.39 is 36.7 Å². The van der Waals surface area contributed by atoms with Gasteiger partial charge in [0.05, 0.1) is 14.2 Å². The van der Waals surface area contributed by atoms with Gasteiger partial charge < -0.3 is 44.5 Å². The van der Waals surface area contributed by atoms with E-state index in [4.69, 9.17) is 18.9 Å². The van der Waals surface area contributed by atoms with E-state index in [9.17, 15) is 30.3 Å². The minimum absolute atomic E-state index is 0.103. The zero-order valence-corrected chi connectivity index (χ0v) is 20.7. The Kier molecular flexibility index (Phi) is 9.02. The Morgan fingerprint density at radius 1 is 0.861 bits per heavy atom. The van der Waals surface area contributed by atoms with Crippen molar-refractivity contribution in [3.63, 3.8) is 0 Å². The summed E-state index contributed by atoms with van der Waals surface area (Å²) in [7, 11) is 2.97. The molecule has 1 aliphatic rings. The van der Waals surface area contributed by atoms with Crippen LogP contribution in [0.2, 0.25) is 0 Å². The molecule has 0 spiro atoms. The minimum Gasteiger partial charge on any atom is -0.504 e. The molecule has 1 saturated heterocycles. The third kappa shape index (κ3) is 6.19. The highest BCUT2D eigenvalue weighted by atomic mass is 16.7. The number of phenols is 1. The van der Waals surface area contributed by atoms with Gasteiger partial charge in [-0.3, -0.25) is 0 Å². The van der Waals surface area contributed by atoms with Crippen molar-refractivity contribution in [3.05, 3.63) is 47.5 Å². The van der Waals surface area contributed by atoms with Crippen molar-refractivity contribution in [1.82, 2.24) is 0 Å². The number of aliphatic carboxylic acids is 1. The molecule has 3 rings (SSSR count). The fourth-order valence-electron chi connectivity index (χ4n) is 4.21. The highest BCUT2D eigenvalue weighted by Gasteiger charge is 2.48. The van der Waals surface area contributed by atoms with Gasteiger partial charge in [-0.2, -0.15) is 0 Å². The molecule has 10 nitrogen and oxygen atoms in total. The Morgan fingerprint density at radius 3 is 1.97 bits per heavy atom. The van der Waals surface area contributed by atoms with Crippen LogP contribution in [0, 0.1) is 11.8 Å². The number of hydrogen-bond donors (Lipinski definition) is 5. The second-order valence-electron chi connectivity index (χ2n) is 9.21. The topological polar surface area (TPSA) is 155 Å². The highest BCUT2D eigenvalue weighted by Crippen LogP contribution is 2.34. The number of carbonyl (C=O) groups is 1. The summed E-state index contributed by atoms with van der Waals surface area (Å²) in [6, 6.07) is 10.6. The van der Waals surface area contributed by atoms with Gasteiger partial charge >= 0.3 is 5.97 Å². The molecule has 7 atom stereocenters. The van der Waals surface area contributed by atoms with E-state index in [1.54, 1.807) is 18.2 Å². The lowest BCUT2D eigenvalue weighted by Gasteiger charge is -2.38. The molecule has 5 N–H and O–H groups in total. The number of hydrogen-bond acceptors (Lipinski definition) is 9. The van der Waals surface area contributed by atoms with Crippen LogP contribution < -0.4 is 14.2 Å². The summed E-state index contributed by atoms with van der Waals surface area (Å²) in [4.78, 5) is 11.3. The summed E-state index contributed by atoms with van der Waals surface area (Å²) in [6.45, 7) is 4.29. The van der Waals surface area contributed by atoms with Crippen molar-refractivity contribution >= 4 is 5.97 Å². The number of aromatic hydroxyl groups is 1. The number of ether oxygens (including phenoxy) is 4. The van der Waals surface area contributed by atoms with Crippen molar-refractivity contribution < 1.29 is 49.3 Å². The number of carboxylic acid groups (broad SMARTS) is 1. The molecule has 36 heavy (non-hydrogen) atoms. The zero-order chi connectivity index (χ0) is 26.6. The summed E-state index contributed by atoms with van der Waals surface area (Å²) in [5.41, 5.74) is 2.04. The fourth-order valence-corrected chi connectivity index (χ4v) is 4.21. The first-order valence-corrected chi connectivity index (χ1v) is 11.7. The van der Waals surface area contributed by atoms with E-state index in [1.165, 1.54) is 14.2 Å². The van der Waals surface area contributed by atoms with Crippen LogP contribution in [-0.4, -0.2) is 76.4 Å². The Labute approximate surface area is 209 Å². The summed E-state index contributed by atoms with van der Waals surface area (Å²) in [5.74, 6) is 0.195. The summed E-state index contributed by atoms with van der Waals surface area (Å²) < 4.78 is 21.5. The molecule has 198 valence electrons. The summed E-state index contributed by atoms with van der Waals surface area (Å²) in [6.07, 6.45) is -6.97. The first-order valence-electron chi connectivity index (χ1n) is 11.7. The number of phenolic OH excluding ortho intramolecular Hbond substituents is 1. The van der Waals surface area contributed by atoms with Crippen LogP contribution in [0.1, 0.15) is 25.0 Å². The molecule has 10 heteroatoms. The van der Waals surface area contributed by atoms with Gasteiger partial charge in [0.25, 0.3) is 0 Å². The number of carboxylic acids is 1. The van der Waals surface area contributed by atoms with E-state index in [0.29, 0.717) is 17.4 Å². The lowest BCUT2D eigenvalue weighted by Crippen LogP contribution is -2.61. The number of rotatable bonds is 10. The quantitative estimate of drug-likeness (QED) is 0.322. The Morgan fingerprint density at radius 2 is 1.42 bits per heavy atom. The molecular formula is C26H34O10. The largest absolute Gasteiger partial charge is 0.504 e. The first-order chi connectivity index (χ1) is 17.0. The average molecular weight is 507 g/mol. The Bertz CT molecular complexity index is 1040. The van der Waals surface area contributed by atoms with Gasteiger partial charge in [-0.25, -0.2) is 4.79 Å². The smallest absolute Gasteiger partial charge is 0.335 e. The van der Waals surface area contributed by atoms with Crippen molar-refractivity contribution in [1.29, 1.82) is 0 Å². The normalized spacial score (nSPS) is 25.6. The van der Waals surface area contributed by atoms with E-state index in [0.717, 1.165) is 24.0 Å². The Hall–Kier alpha value is -3.05. The predicted octanol–water partition coefficient (Wildman–Crippen LogP) is 1.74. The molecule has 0 saturated carbocycles. The SMILES string of the molecule is COc1cc(CC(C)C(C)Cc2ccc(OC3OC(C(=O)O)C(O)C(O)C3O)c(OC)c2)ccc1O. The van der Waals surface area contributed by atoms with Crippen LogP contribution in [0.5, 0.6) is 23.0 Å². The molecule has 0 amide bonds. The molecule has 1 aliphatic heterocycles. The van der Waals surface area contributed by atoms with Crippen LogP contribution in [0.4, 0.5) is 0 Å². The number of aliphatic hydroxyl groups is 3. The van der Waals surface area contributed by atoms with Crippen molar-refractivity contribution in [3.8, 4) is 23.0 Å². The van der Waals surface area contributed by atoms with E-state index in [-0.39, 0.29) is 17.4 Å². The van der Waals surface area contributed by atoms with Crippen LogP contribution in [0.25, 0.3) is 0 Å². The van der Waals surface area contributed by atoms with Gasteiger partial charge in [-0.15, -0.1) is 0 Å². The van der Waals surface area contributed by atoms with Gasteiger partial charge in [-0.1, -0.05) is 26.0 Å². The molecule has 0 radical (unpaired) electrons. The zero-order valence-electron chi connectivity index (χ0n) is 20.7. The Balaban J connectivity index is 1.68. The fraction of sp³-hybridized carbons (Fsp3) is 0.500. The van der Waals surface area contributed by atoms with Crippen LogP contribution in [0.3, 0.4) is 0 Å². The second kappa shape index (κ2) is 11.8. The van der Waals surface area contributed by atoms with E-state index in [1.807, 2.05) is 18.2 Å². The number of aliphatic hydroxyl groups excluding tert-OH is 3. The molecule has 2 aromatic carbocycles. The minimum atomic E-state index is -1.80. The molecule has 0 aliphatic carbocycles. The maximum absolute atomic E-state index is 11.3. The predicted molar refractivity (Wildman–Crippen MR) is 128 cm³/mol. The van der Waals surface area contributed by atoms with Crippen LogP contribution in [-0.2, 0) is 22.4 Å². The van der Waals surface area contributed by atoms with Gasteiger partial charge in [0.15, 0.2) is 29.1 Å². The molecule has 0 bridgehead atoms. The molecule has 2 aromatic rings. The van der Waals surface area contributed by atoms with Gasteiger partial charge in [0, 0.05) is 0 Å². The summed E-state index contributed by atoms with van der Waals surface area (Å²) in [5, 5.41) is 49.1. The third-order valence-electron chi connectivity index (χ3n) is 6.62. The molecule has 0 aromatic heterocycles. The van der Waals surface area contributed by atoms with Gasteiger partial charge in [-0.05, 0) is 60.1 Å².